The number of halogens is 3. The molecule has 4 atom stereocenters. The van der Waals surface area contributed by atoms with E-state index in [0.717, 1.165) is 26.2 Å². The molecule has 0 radical (unpaired) electrons. The first-order valence-corrected chi connectivity index (χ1v) is 26.9. The monoisotopic (exact) mass is 1100 g/mol. The highest BCUT2D eigenvalue weighted by molar-refractivity contribution is 7.22. The minimum Gasteiger partial charge on any atom is -0.490 e. The molecule has 1 N–H and O–H groups in total. The second kappa shape index (κ2) is 24.9. The summed E-state index contributed by atoms with van der Waals surface area (Å²) in [4.78, 5) is 40.0. The van der Waals surface area contributed by atoms with Crippen molar-refractivity contribution in [2.45, 2.75) is 51.3 Å². The zero-order valence-corrected chi connectivity index (χ0v) is 44.8. The van der Waals surface area contributed by atoms with Gasteiger partial charge in [-0.3, -0.25) is 4.90 Å². The van der Waals surface area contributed by atoms with Crippen LogP contribution in [0.15, 0.2) is 61.1 Å². The summed E-state index contributed by atoms with van der Waals surface area (Å²) >= 11 is 16.0. The average molecular weight is 1110 g/mol. The summed E-state index contributed by atoms with van der Waals surface area (Å²) in [5, 5.41) is 12.0. The van der Waals surface area contributed by atoms with Crippen LogP contribution in [0.1, 0.15) is 22.4 Å². The third kappa shape index (κ3) is 12.7. The summed E-state index contributed by atoms with van der Waals surface area (Å²) in [6.45, 7) is 12.8. The maximum absolute atomic E-state index is 14.4. The first-order chi connectivity index (χ1) is 36.9. The molecular formula is C54H60Cl2FN7O11S. The first-order valence-electron chi connectivity index (χ1n) is 25.4. The summed E-state index contributed by atoms with van der Waals surface area (Å²) in [5.41, 5.74) is 4.33. The molecule has 5 aliphatic rings. The Balaban J connectivity index is 0.938. The SMILES string of the molecule is Cc1c(Cl)c2c(Cl)c(C)c1-c1c(-c3ccc(F)cc3)sc3ncnc(c13)O[C@@H](C(=O)O)Cc1cc(ccc1OCc1ccnc(N3CCO[C@H](COCCOCC4COCCO4)C3)n1)OC[C@@H](CN1CCN(C)CC1)O2. The number of aromatic nitrogens is 4. The number of anilines is 1. The zero-order valence-electron chi connectivity index (χ0n) is 42.5. The largest absolute Gasteiger partial charge is 0.490 e. The van der Waals surface area contributed by atoms with Crippen molar-refractivity contribution in [2.75, 3.05) is 117 Å². The molecule has 8 heterocycles. The van der Waals surface area contributed by atoms with Crippen LogP contribution in [-0.4, -0.2) is 178 Å². The number of likely N-dealkylation sites (N-methyl/N-ethyl adjacent to an activating group) is 1. The summed E-state index contributed by atoms with van der Waals surface area (Å²) in [7, 11) is 2.10. The molecule has 3 fully saturated rings. The van der Waals surface area contributed by atoms with Crippen molar-refractivity contribution < 1.29 is 56.9 Å². The maximum Gasteiger partial charge on any atom is 0.345 e. The van der Waals surface area contributed by atoms with Crippen LogP contribution in [0.2, 0.25) is 10.0 Å². The second-order valence-corrected chi connectivity index (χ2v) is 20.9. The quantitative estimate of drug-likeness (QED) is 0.0993. The van der Waals surface area contributed by atoms with E-state index in [4.69, 9.17) is 70.8 Å². The molecule has 4 bridgehead atoms. The number of carboxylic acids is 1. The van der Waals surface area contributed by atoms with Crippen molar-refractivity contribution in [1.82, 2.24) is 29.7 Å². The molecule has 18 nitrogen and oxygen atoms in total. The highest BCUT2D eigenvalue weighted by atomic mass is 35.5. The van der Waals surface area contributed by atoms with Crippen LogP contribution in [0.25, 0.3) is 31.8 Å². The van der Waals surface area contributed by atoms with Gasteiger partial charge in [0.15, 0.2) is 5.75 Å². The van der Waals surface area contributed by atoms with Gasteiger partial charge in [0.1, 0.15) is 53.9 Å². The molecule has 0 spiro atoms. The van der Waals surface area contributed by atoms with Crippen molar-refractivity contribution >= 4 is 56.7 Å². The third-order valence-corrected chi connectivity index (χ3v) is 15.8. The molecule has 5 aliphatic heterocycles. The summed E-state index contributed by atoms with van der Waals surface area (Å²) in [6.07, 6.45) is 0.561. The molecule has 404 valence electrons. The lowest BCUT2D eigenvalue weighted by molar-refractivity contribution is -0.145. The van der Waals surface area contributed by atoms with Gasteiger partial charge in [-0.15, -0.1) is 11.3 Å². The molecule has 22 heteroatoms. The molecule has 6 aromatic rings. The minimum absolute atomic E-state index is 0.0191. The highest BCUT2D eigenvalue weighted by Gasteiger charge is 2.33. The van der Waals surface area contributed by atoms with E-state index in [9.17, 15) is 14.3 Å². The Hall–Kier alpha value is -5.52. The Kier molecular flexibility index (Phi) is 17.6. The number of aliphatic carboxylic acids is 1. The molecule has 76 heavy (non-hydrogen) atoms. The van der Waals surface area contributed by atoms with Gasteiger partial charge in [0.2, 0.25) is 17.9 Å². The van der Waals surface area contributed by atoms with Crippen LogP contribution >= 0.6 is 34.5 Å². The normalized spacial score (nSPS) is 20.7. The van der Waals surface area contributed by atoms with E-state index in [2.05, 4.69) is 36.7 Å². The standard InChI is InChI=1S/C54H60Cl2FN7O11S/c1-32-44-33(2)48(56)49(47(32)55)74-40(24-63-14-12-62(3)13-15-63)30-72-38-8-9-42(35(22-38)23-43(53(65)66)75-51-46-45(44)50(76-52(46)60-31-59-51)34-4-6-36(57)7-5-34)73-26-37-10-11-58-54(61-37)64-16-17-70-39(25-64)27-67-18-19-68-28-41-29-69-20-21-71-41/h4-11,22,31,39-41,43H,12-21,23-30H2,1-3H3,(H,65,66)/t39-,40+,41?,43+/m0/s1. The number of carbonyl (C=O) groups is 1. The van der Waals surface area contributed by atoms with Gasteiger partial charge in [-0.2, -0.15) is 0 Å². The summed E-state index contributed by atoms with van der Waals surface area (Å²) in [5.74, 6) is 0.0357. The lowest BCUT2D eigenvalue weighted by Gasteiger charge is -2.35. The van der Waals surface area contributed by atoms with Gasteiger partial charge >= 0.3 is 5.97 Å². The van der Waals surface area contributed by atoms with Gasteiger partial charge in [-0.25, -0.2) is 29.1 Å². The van der Waals surface area contributed by atoms with Crippen molar-refractivity contribution in [3.05, 3.63) is 99.3 Å². The lowest BCUT2D eigenvalue weighted by atomic mass is 9.92. The predicted octanol–water partition coefficient (Wildman–Crippen LogP) is 7.57. The van der Waals surface area contributed by atoms with Crippen molar-refractivity contribution in [3.63, 3.8) is 0 Å². The number of rotatable bonds is 15. The van der Waals surface area contributed by atoms with Gasteiger partial charge < -0.3 is 57.5 Å². The Labute approximate surface area is 453 Å². The average Bonchev–Trinajstić information content (AvgIpc) is 3.82. The van der Waals surface area contributed by atoms with Crippen molar-refractivity contribution in [3.8, 4) is 44.7 Å². The number of ether oxygens (including phenoxy) is 9. The zero-order chi connectivity index (χ0) is 52.7. The number of nitrogens with zero attached hydrogens (tertiary/aromatic N) is 7. The van der Waals surface area contributed by atoms with E-state index >= 15 is 0 Å². The molecule has 0 aliphatic carbocycles. The van der Waals surface area contributed by atoms with Crippen LogP contribution in [-0.2, 0) is 41.5 Å². The minimum atomic E-state index is -1.49. The molecular weight excluding hydrogens is 1040 g/mol. The van der Waals surface area contributed by atoms with E-state index in [1.807, 2.05) is 13.8 Å². The Morgan fingerprint density at radius 3 is 2.37 bits per heavy atom. The van der Waals surface area contributed by atoms with E-state index in [1.54, 1.807) is 42.6 Å². The van der Waals surface area contributed by atoms with Crippen LogP contribution in [0.4, 0.5) is 10.3 Å². The van der Waals surface area contributed by atoms with E-state index in [0.29, 0.717) is 160 Å². The summed E-state index contributed by atoms with van der Waals surface area (Å²) < 4.78 is 69.6. The maximum atomic E-state index is 14.4. The Bertz CT molecular complexity index is 2950. The van der Waals surface area contributed by atoms with Crippen molar-refractivity contribution in [1.29, 1.82) is 0 Å². The number of hydrogen-bond acceptors (Lipinski definition) is 18. The molecule has 0 amide bonds. The number of morpholine rings is 1. The Morgan fingerprint density at radius 2 is 1.62 bits per heavy atom. The number of fused-ring (bicyclic) bond motifs is 7. The third-order valence-electron chi connectivity index (χ3n) is 13.7. The molecule has 0 saturated carbocycles. The predicted molar refractivity (Wildman–Crippen MR) is 284 cm³/mol. The number of hydrogen-bond donors (Lipinski definition) is 1. The molecule has 3 saturated heterocycles. The molecule has 3 aromatic heterocycles. The molecule has 11 rings (SSSR count). The molecule has 1 unspecified atom stereocenters. The van der Waals surface area contributed by atoms with Gasteiger partial charge in [-0.1, -0.05) is 35.3 Å². The number of carboxylic acid groups (broad SMARTS) is 1. The van der Waals surface area contributed by atoms with Crippen LogP contribution in [0.3, 0.4) is 0 Å². The lowest BCUT2D eigenvalue weighted by Crippen LogP contribution is -2.49. The van der Waals surface area contributed by atoms with Gasteiger partial charge in [0.25, 0.3) is 0 Å². The fraction of sp³-hybridized carbons (Fsp3) is 0.463. The number of piperazine rings is 1. The highest BCUT2D eigenvalue weighted by Crippen LogP contribution is 2.53. The van der Waals surface area contributed by atoms with Gasteiger partial charge in [0.05, 0.1) is 80.1 Å². The van der Waals surface area contributed by atoms with Gasteiger partial charge in [-0.05, 0) is 79.5 Å². The fourth-order valence-electron chi connectivity index (χ4n) is 9.66. The van der Waals surface area contributed by atoms with E-state index in [-0.39, 0.29) is 37.7 Å². The first kappa shape index (κ1) is 53.9. The van der Waals surface area contributed by atoms with Crippen molar-refractivity contribution in [2.24, 2.45) is 0 Å². The molecule has 3 aromatic carbocycles. The summed E-state index contributed by atoms with van der Waals surface area (Å²) in [6, 6.07) is 13.2. The van der Waals surface area contributed by atoms with Crippen LogP contribution in [0, 0.1) is 19.7 Å². The topological polar surface area (TPSA) is 182 Å². The van der Waals surface area contributed by atoms with E-state index < -0.39 is 24.0 Å². The van der Waals surface area contributed by atoms with Crippen LogP contribution in [0.5, 0.6) is 23.1 Å². The second-order valence-electron chi connectivity index (χ2n) is 19.1. The number of thiophene rings is 1. The Morgan fingerprint density at radius 1 is 0.855 bits per heavy atom. The van der Waals surface area contributed by atoms with E-state index in [1.165, 1.54) is 29.8 Å². The van der Waals surface area contributed by atoms with Crippen LogP contribution < -0.4 is 23.8 Å². The van der Waals surface area contributed by atoms with Gasteiger partial charge in [0, 0.05) is 74.4 Å². The fourth-order valence-corrected chi connectivity index (χ4v) is 11.3. The smallest absolute Gasteiger partial charge is 0.345 e. The number of benzene rings is 3.